The molecule has 1 aromatic heterocycles. The number of aryl methyl sites for hydroxylation is 1. The van der Waals surface area contributed by atoms with Gasteiger partial charge >= 0.3 is 0 Å². The fourth-order valence-electron chi connectivity index (χ4n) is 5.34. The van der Waals surface area contributed by atoms with Crippen LogP contribution in [0.4, 0.5) is 0 Å². The van der Waals surface area contributed by atoms with E-state index in [9.17, 15) is 9.59 Å². The van der Waals surface area contributed by atoms with Crippen LogP contribution in [0, 0.1) is 5.41 Å². The summed E-state index contributed by atoms with van der Waals surface area (Å²) in [6.07, 6.45) is 4.87. The lowest BCUT2D eigenvalue weighted by atomic mass is 9.53. The van der Waals surface area contributed by atoms with Crippen LogP contribution in [0.25, 0.3) is 0 Å². The summed E-state index contributed by atoms with van der Waals surface area (Å²) in [4.78, 5) is 25.2. The zero-order valence-electron chi connectivity index (χ0n) is 16.1. The van der Waals surface area contributed by atoms with Gasteiger partial charge < -0.3 is 20.7 Å². The van der Waals surface area contributed by atoms with E-state index in [4.69, 9.17) is 4.74 Å². The molecule has 1 aromatic rings. The number of hydrogen-bond acceptors (Lipinski definition) is 5. The van der Waals surface area contributed by atoms with E-state index in [1.807, 2.05) is 0 Å². The molecule has 4 aliphatic rings. The van der Waals surface area contributed by atoms with Crippen LogP contribution in [0.3, 0.4) is 0 Å². The highest BCUT2D eigenvalue weighted by molar-refractivity contribution is 5.92. The number of rotatable bonds is 6. The summed E-state index contributed by atoms with van der Waals surface area (Å²) in [6, 6.07) is 1.80. The number of nitrogens with zero attached hydrogens (tertiary/aromatic N) is 1. The summed E-state index contributed by atoms with van der Waals surface area (Å²) in [6.45, 7) is 4.21. The monoisotopic (exact) mass is 375 g/mol. The Morgan fingerprint density at radius 1 is 1.30 bits per heavy atom. The topological polar surface area (TPSA) is 108 Å². The van der Waals surface area contributed by atoms with Crippen LogP contribution in [-0.4, -0.2) is 59.9 Å². The van der Waals surface area contributed by atoms with Crippen molar-refractivity contribution in [3.05, 3.63) is 17.5 Å². The molecule has 2 amide bonds. The number of ether oxygens (including phenoxy) is 1. The molecule has 8 nitrogen and oxygen atoms in total. The Kier molecular flexibility index (Phi) is 4.50. The normalized spacial score (nSPS) is 30.7. The van der Waals surface area contributed by atoms with Gasteiger partial charge in [-0.3, -0.25) is 14.7 Å². The van der Waals surface area contributed by atoms with Gasteiger partial charge in [-0.05, 0) is 51.3 Å². The fourth-order valence-corrected chi connectivity index (χ4v) is 5.34. The van der Waals surface area contributed by atoms with E-state index in [1.54, 1.807) is 13.1 Å². The van der Waals surface area contributed by atoms with Crippen LogP contribution < -0.4 is 16.0 Å². The smallest absolute Gasteiger partial charge is 0.271 e. The number of amides is 2. The first kappa shape index (κ1) is 18.4. The number of carbonyl (C=O) groups is 2. The van der Waals surface area contributed by atoms with E-state index in [0.29, 0.717) is 25.1 Å². The minimum atomic E-state index is -0.463. The summed E-state index contributed by atoms with van der Waals surface area (Å²) in [5, 5.41) is 16.2. The van der Waals surface area contributed by atoms with Gasteiger partial charge in [-0.25, -0.2) is 0 Å². The second-order valence-electron chi connectivity index (χ2n) is 8.26. The molecule has 5 rings (SSSR count). The summed E-state index contributed by atoms with van der Waals surface area (Å²) in [5.74, 6) is -0.129. The zero-order chi connectivity index (χ0) is 19.1. The highest BCUT2D eigenvalue weighted by atomic mass is 16.5. The molecule has 27 heavy (non-hydrogen) atoms. The number of nitrogens with one attached hydrogen (secondary N) is 4. The van der Waals surface area contributed by atoms with Crippen LogP contribution in [0.1, 0.15) is 55.2 Å². The molecule has 1 aliphatic carbocycles. The Morgan fingerprint density at radius 2 is 2.04 bits per heavy atom. The Hall–Kier alpha value is -1.93. The lowest BCUT2D eigenvalue weighted by Gasteiger charge is -2.47. The Balaban J connectivity index is 1.44. The third kappa shape index (κ3) is 2.77. The van der Waals surface area contributed by atoms with E-state index in [2.05, 4.69) is 33.1 Å². The van der Waals surface area contributed by atoms with Crippen molar-refractivity contribution in [2.24, 2.45) is 5.41 Å². The molecule has 0 atom stereocenters. The third-order valence-corrected chi connectivity index (χ3v) is 6.56. The van der Waals surface area contributed by atoms with Crippen LogP contribution in [0.2, 0.25) is 0 Å². The molecule has 1 spiro atoms. The highest BCUT2D eigenvalue weighted by Gasteiger charge is 2.77. The lowest BCUT2D eigenvalue weighted by molar-refractivity contribution is -0.140. The van der Waals surface area contributed by atoms with Gasteiger partial charge in [0.25, 0.3) is 5.91 Å². The minimum Gasteiger partial charge on any atom is -0.365 e. The van der Waals surface area contributed by atoms with Crippen molar-refractivity contribution in [3.63, 3.8) is 0 Å². The molecule has 2 bridgehead atoms. The summed E-state index contributed by atoms with van der Waals surface area (Å²) in [7, 11) is 1.69. The summed E-state index contributed by atoms with van der Waals surface area (Å²) in [5.41, 5.74) is 0.0521. The SMILES string of the molecule is CCCc1cc(C(=O)NCC23CC(C(=O)NC)(C2)C2(CCNCC2)O3)n[nH]1. The maximum atomic E-state index is 12.7. The summed E-state index contributed by atoms with van der Waals surface area (Å²) < 4.78 is 6.56. The molecule has 3 saturated heterocycles. The molecule has 1 saturated carbocycles. The molecule has 0 radical (unpaired) electrons. The van der Waals surface area contributed by atoms with Gasteiger partial charge in [0.2, 0.25) is 5.91 Å². The molecule has 0 unspecified atom stereocenters. The number of carbonyl (C=O) groups excluding carboxylic acids is 2. The van der Waals surface area contributed by atoms with E-state index >= 15 is 0 Å². The van der Waals surface area contributed by atoms with Gasteiger partial charge in [-0.1, -0.05) is 13.3 Å². The number of hydrogen-bond donors (Lipinski definition) is 4. The Labute approximate surface area is 159 Å². The maximum Gasteiger partial charge on any atom is 0.271 e. The molecular weight excluding hydrogens is 346 g/mol. The molecule has 8 heteroatoms. The molecule has 0 aromatic carbocycles. The first-order chi connectivity index (χ1) is 13.0. The second-order valence-corrected chi connectivity index (χ2v) is 8.26. The van der Waals surface area contributed by atoms with Gasteiger partial charge in [-0.15, -0.1) is 0 Å². The van der Waals surface area contributed by atoms with Crippen LogP contribution in [0.15, 0.2) is 6.07 Å². The number of H-pyrrole nitrogens is 1. The zero-order valence-corrected chi connectivity index (χ0v) is 16.1. The molecule has 3 aliphatic heterocycles. The second kappa shape index (κ2) is 6.60. The van der Waals surface area contributed by atoms with Gasteiger partial charge in [0, 0.05) is 19.3 Å². The van der Waals surface area contributed by atoms with E-state index in [1.165, 1.54) is 0 Å². The average Bonchev–Trinajstić information content (AvgIpc) is 3.28. The average molecular weight is 375 g/mol. The predicted molar refractivity (Wildman–Crippen MR) is 99.3 cm³/mol. The Morgan fingerprint density at radius 3 is 2.70 bits per heavy atom. The quantitative estimate of drug-likeness (QED) is 0.579. The maximum absolute atomic E-state index is 12.7. The van der Waals surface area contributed by atoms with E-state index in [-0.39, 0.29) is 11.8 Å². The summed E-state index contributed by atoms with van der Waals surface area (Å²) >= 11 is 0. The van der Waals surface area contributed by atoms with Gasteiger partial charge in [-0.2, -0.15) is 5.10 Å². The van der Waals surface area contributed by atoms with Gasteiger partial charge in [0.15, 0.2) is 0 Å². The van der Waals surface area contributed by atoms with Crippen molar-refractivity contribution >= 4 is 11.8 Å². The van der Waals surface area contributed by atoms with Gasteiger partial charge in [0.05, 0.1) is 16.6 Å². The molecule has 4 N–H and O–H groups in total. The first-order valence-corrected chi connectivity index (χ1v) is 9.94. The largest absolute Gasteiger partial charge is 0.365 e. The van der Waals surface area contributed by atoms with E-state index < -0.39 is 16.6 Å². The number of piperidine rings is 1. The van der Waals surface area contributed by atoms with E-state index in [0.717, 1.165) is 44.5 Å². The first-order valence-electron chi connectivity index (χ1n) is 9.94. The van der Waals surface area contributed by atoms with Crippen molar-refractivity contribution in [2.75, 3.05) is 26.7 Å². The van der Waals surface area contributed by atoms with Crippen LogP contribution in [0.5, 0.6) is 0 Å². The Bertz CT molecular complexity index is 731. The molecule has 4 fully saturated rings. The lowest BCUT2D eigenvalue weighted by Crippen LogP contribution is -2.61. The fraction of sp³-hybridized carbons (Fsp3) is 0.737. The molecular formula is C19H29N5O3. The third-order valence-electron chi connectivity index (χ3n) is 6.56. The molecule has 4 heterocycles. The van der Waals surface area contributed by atoms with Crippen molar-refractivity contribution in [3.8, 4) is 0 Å². The van der Waals surface area contributed by atoms with Crippen molar-refractivity contribution in [2.45, 2.75) is 56.7 Å². The molecule has 148 valence electrons. The van der Waals surface area contributed by atoms with Crippen LogP contribution >= 0.6 is 0 Å². The highest BCUT2D eigenvalue weighted by Crippen LogP contribution is 2.68. The predicted octanol–water partition coefficient (Wildman–Crippen LogP) is 0.509. The number of aromatic amines is 1. The van der Waals surface area contributed by atoms with Crippen molar-refractivity contribution in [1.29, 1.82) is 0 Å². The standard InChI is InChI=1S/C19H29N5O3/c1-3-4-13-9-14(24-23-13)15(25)22-12-17-10-18(11-17,16(26)20-2)19(27-17)5-7-21-8-6-19/h9,21H,3-8,10-12H2,1-2H3,(H,20,26)(H,22,25)(H,23,24). The van der Waals surface area contributed by atoms with Crippen molar-refractivity contribution in [1.82, 2.24) is 26.1 Å². The van der Waals surface area contributed by atoms with Crippen molar-refractivity contribution < 1.29 is 14.3 Å². The minimum absolute atomic E-state index is 0.0698. The van der Waals surface area contributed by atoms with Crippen LogP contribution in [-0.2, 0) is 16.0 Å². The van der Waals surface area contributed by atoms with Gasteiger partial charge in [0.1, 0.15) is 5.69 Å². The number of aromatic nitrogens is 2.